The lowest BCUT2D eigenvalue weighted by Gasteiger charge is -2.23. The number of carbonyl (C=O) groups is 1. The second-order valence-corrected chi connectivity index (χ2v) is 1.99. The Morgan fingerprint density at radius 1 is 1.38 bits per heavy atom. The highest BCUT2D eigenvalue weighted by atomic mass is 19.4. The molecular weight excluding hydrogens is 199 g/mol. The molecule has 0 saturated carbocycles. The second kappa shape index (κ2) is 3.71. The molecule has 0 aliphatic heterocycles. The number of hydrogen-bond acceptors (Lipinski definition) is 2. The molecule has 0 aliphatic carbocycles. The highest BCUT2D eigenvalue weighted by Crippen LogP contribution is 2.35. The Hall–Kier alpha value is -1.14. The van der Waals surface area contributed by atoms with E-state index in [1.807, 2.05) is 0 Å². The van der Waals surface area contributed by atoms with Crippen LogP contribution in [-0.2, 0) is 9.53 Å². The molecule has 0 bridgehead atoms. The van der Waals surface area contributed by atoms with Crippen molar-refractivity contribution >= 4 is 5.97 Å². The van der Waals surface area contributed by atoms with Gasteiger partial charge in [0.1, 0.15) is 0 Å². The van der Waals surface area contributed by atoms with Crippen LogP contribution in [0.15, 0.2) is 12.7 Å². The fourth-order valence-electron chi connectivity index (χ4n) is 0.362. The topological polar surface area (TPSA) is 26.3 Å². The van der Waals surface area contributed by atoms with Gasteiger partial charge in [-0.25, -0.2) is 9.18 Å². The molecule has 76 valence electrons. The zero-order valence-electron chi connectivity index (χ0n) is 6.20. The van der Waals surface area contributed by atoms with Crippen LogP contribution in [0.25, 0.3) is 0 Å². The molecule has 0 rings (SSSR count). The summed E-state index contributed by atoms with van der Waals surface area (Å²) in [6, 6.07) is 0. The van der Waals surface area contributed by atoms with Crippen LogP contribution >= 0.6 is 0 Å². The quantitative estimate of drug-likeness (QED) is 0.398. The number of esters is 1. The summed E-state index contributed by atoms with van der Waals surface area (Å²) in [6.07, 6.45) is -5.30. The van der Waals surface area contributed by atoms with Gasteiger partial charge >= 0.3 is 18.0 Å². The molecule has 0 amide bonds. The molecule has 0 saturated heterocycles. The third-order valence-corrected chi connectivity index (χ3v) is 1.02. The van der Waals surface area contributed by atoms with Crippen molar-refractivity contribution in [2.24, 2.45) is 0 Å². The Morgan fingerprint density at radius 3 is 2.08 bits per heavy atom. The van der Waals surface area contributed by atoms with Gasteiger partial charge in [0.2, 0.25) is 0 Å². The van der Waals surface area contributed by atoms with Crippen LogP contribution in [0, 0.1) is 0 Å². The molecule has 0 aliphatic rings. The molecule has 1 atom stereocenters. The van der Waals surface area contributed by atoms with Gasteiger partial charge in [-0.15, -0.1) is 0 Å². The van der Waals surface area contributed by atoms with Gasteiger partial charge in [-0.05, 0) is 0 Å². The summed E-state index contributed by atoms with van der Waals surface area (Å²) in [6.45, 7) is 0.240. The van der Waals surface area contributed by atoms with Crippen LogP contribution in [0.2, 0.25) is 0 Å². The van der Waals surface area contributed by atoms with Gasteiger partial charge in [0, 0.05) is 6.08 Å². The van der Waals surface area contributed by atoms with E-state index in [2.05, 4.69) is 11.3 Å². The van der Waals surface area contributed by atoms with E-state index in [1.54, 1.807) is 0 Å². The van der Waals surface area contributed by atoms with Crippen molar-refractivity contribution in [2.75, 3.05) is 6.67 Å². The van der Waals surface area contributed by atoms with Crippen LogP contribution in [0.1, 0.15) is 0 Å². The first-order valence-electron chi connectivity index (χ1n) is 2.94. The minimum absolute atomic E-state index is 0.301. The van der Waals surface area contributed by atoms with Crippen molar-refractivity contribution in [2.45, 2.75) is 12.0 Å². The molecule has 0 heterocycles. The Kier molecular flexibility index (Phi) is 3.39. The molecule has 2 nitrogen and oxygen atoms in total. The van der Waals surface area contributed by atoms with Gasteiger partial charge in [-0.1, -0.05) is 6.58 Å². The first-order chi connectivity index (χ1) is 5.77. The monoisotopic (exact) mass is 204 g/mol. The van der Waals surface area contributed by atoms with E-state index in [1.165, 1.54) is 0 Å². The van der Waals surface area contributed by atoms with E-state index >= 15 is 0 Å². The van der Waals surface area contributed by atoms with Gasteiger partial charge in [-0.2, -0.15) is 17.6 Å². The second-order valence-electron chi connectivity index (χ2n) is 1.99. The summed E-state index contributed by atoms with van der Waals surface area (Å²) in [7, 11) is 0. The van der Waals surface area contributed by atoms with Crippen LogP contribution in [0.3, 0.4) is 0 Å². The fraction of sp³-hybridized carbons (Fsp3) is 0.500. The molecule has 13 heavy (non-hydrogen) atoms. The minimum Gasteiger partial charge on any atom is -0.414 e. The Bertz CT molecular complexity index is 212. The minimum atomic E-state index is -5.60. The zero-order valence-corrected chi connectivity index (χ0v) is 6.20. The van der Waals surface area contributed by atoms with E-state index in [0.717, 1.165) is 0 Å². The summed E-state index contributed by atoms with van der Waals surface area (Å²) in [4.78, 5) is 10.2. The molecule has 0 N–H and O–H groups in total. The highest BCUT2D eigenvalue weighted by molar-refractivity contribution is 5.81. The van der Waals surface area contributed by atoms with Crippen molar-refractivity contribution in [3.05, 3.63) is 12.7 Å². The average Bonchev–Trinajstić information content (AvgIpc) is 2.02. The predicted octanol–water partition coefficient (Wildman–Crippen LogP) is 1.91. The van der Waals surface area contributed by atoms with Crippen LogP contribution < -0.4 is 0 Å². The molecule has 0 aromatic heterocycles. The molecule has 1 unspecified atom stereocenters. The van der Waals surface area contributed by atoms with Gasteiger partial charge in [-0.3, -0.25) is 0 Å². The van der Waals surface area contributed by atoms with E-state index in [-0.39, 0.29) is 0 Å². The van der Waals surface area contributed by atoms with E-state index in [9.17, 15) is 26.7 Å². The molecule has 0 fully saturated rings. The van der Waals surface area contributed by atoms with E-state index in [0.29, 0.717) is 6.08 Å². The van der Waals surface area contributed by atoms with Crippen LogP contribution in [0.4, 0.5) is 22.0 Å². The lowest BCUT2D eigenvalue weighted by molar-refractivity contribution is -0.322. The lowest BCUT2D eigenvalue weighted by atomic mass is 10.3. The van der Waals surface area contributed by atoms with Crippen LogP contribution in [0.5, 0.6) is 0 Å². The third-order valence-electron chi connectivity index (χ3n) is 1.02. The SMILES string of the molecule is C=CC(=O)OC(F)(CF)C(F)(F)F. The van der Waals surface area contributed by atoms with E-state index < -0.39 is 24.7 Å². The number of hydrogen-bond donors (Lipinski definition) is 0. The molecule has 0 aromatic carbocycles. The maximum Gasteiger partial charge on any atom is 0.463 e. The number of ether oxygens (including phenoxy) is 1. The highest BCUT2D eigenvalue weighted by Gasteiger charge is 2.60. The van der Waals surface area contributed by atoms with E-state index in [4.69, 9.17) is 0 Å². The van der Waals surface area contributed by atoms with Crippen molar-refractivity contribution < 1.29 is 31.5 Å². The summed E-state index contributed by atoms with van der Waals surface area (Å²) < 4.78 is 62.3. The Balaban J connectivity index is 4.65. The molecule has 0 aromatic rings. The third kappa shape index (κ3) is 2.67. The summed E-state index contributed by atoms with van der Waals surface area (Å²) in [5, 5.41) is 0. The summed E-state index contributed by atoms with van der Waals surface area (Å²) in [5.74, 6) is -6.27. The molecule has 0 radical (unpaired) electrons. The number of halogens is 5. The average molecular weight is 204 g/mol. The maximum absolute atomic E-state index is 12.5. The largest absolute Gasteiger partial charge is 0.463 e. The maximum atomic E-state index is 12.5. The molecule has 7 heteroatoms. The van der Waals surface area contributed by atoms with Crippen LogP contribution in [-0.4, -0.2) is 24.7 Å². The summed E-state index contributed by atoms with van der Waals surface area (Å²) >= 11 is 0. The van der Waals surface area contributed by atoms with Gasteiger partial charge in [0.15, 0.2) is 6.67 Å². The number of carbonyl (C=O) groups excluding carboxylic acids is 1. The van der Waals surface area contributed by atoms with Crippen molar-refractivity contribution in [3.8, 4) is 0 Å². The van der Waals surface area contributed by atoms with Gasteiger partial charge in [0.25, 0.3) is 0 Å². The Morgan fingerprint density at radius 2 is 1.85 bits per heavy atom. The standard InChI is InChI=1S/C6H5F5O2/c1-2-4(12)13-5(8,3-7)6(9,10)11/h2H,1,3H2. The van der Waals surface area contributed by atoms with Gasteiger partial charge in [0.05, 0.1) is 0 Å². The van der Waals surface area contributed by atoms with Crippen molar-refractivity contribution in [3.63, 3.8) is 0 Å². The molecular formula is C6H5F5O2. The number of rotatable bonds is 3. The van der Waals surface area contributed by atoms with Crippen molar-refractivity contribution in [1.82, 2.24) is 0 Å². The first kappa shape index (κ1) is 11.9. The normalized spacial score (nSPS) is 16.1. The zero-order chi connectivity index (χ0) is 10.7. The predicted molar refractivity (Wildman–Crippen MR) is 32.2 cm³/mol. The Labute approximate surface area is 70.0 Å². The number of alkyl halides is 5. The smallest absolute Gasteiger partial charge is 0.414 e. The fourth-order valence-corrected chi connectivity index (χ4v) is 0.362. The summed E-state index contributed by atoms with van der Waals surface area (Å²) in [5.41, 5.74) is 0. The lowest BCUT2D eigenvalue weighted by Crippen LogP contribution is -2.46. The first-order valence-corrected chi connectivity index (χ1v) is 2.94. The molecule has 0 spiro atoms. The van der Waals surface area contributed by atoms with Crippen molar-refractivity contribution in [1.29, 1.82) is 0 Å². The van der Waals surface area contributed by atoms with Gasteiger partial charge < -0.3 is 4.74 Å².